The van der Waals surface area contributed by atoms with Gasteiger partial charge in [-0.25, -0.2) is 4.79 Å². The molecule has 0 aliphatic heterocycles. The molecular weight excluding hydrogens is 232 g/mol. The van der Waals surface area contributed by atoms with E-state index in [9.17, 15) is 9.59 Å². The second-order valence-corrected chi connectivity index (χ2v) is 5.07. The molecule has 1 atom stereocenters. The van der Waals surface area contributed by atoms with Gasteiger partial charge >= 0.3 is 12.0 Å². The van der Waals surface area contributed by atoms with Crippen molar-refractivity contribution >= 4 is 12.0 Å². The summed E-state index contributed by atoms with van der Waals surface area (Å²) < 4.78 is 0. The fourth-order valence-electron chi connectivity index (χ4n) is 2.57. The number of rotatable bonds is 6. The van der Waals surface area contributed by atoms with E-state index in [0.717, 1.165) is 6.54 Å². The maximum absolute atomic E-state index is 12.0. The first-order valence-corrected chi connectivity index (χ1v) is 6.80. The second kappa shape index (κ2) is 7.24. The first kappa shape index (κ1) is 14.8. The molecule has 2 N–H and O–H groups in total. The van der Waals surface area contributed by atoms with Crippen LogP contribution in [0.3, 0.4) is 0 Å². The Labute approximate surface area is 109 Å². The number of urea groups is 1. The Hall–Kier alpha value is -1.26. The van der Waals surface area contributed by atoms with Crippen molar-refractivity contribution in [3.63, 3.8) is 0 Å². The molecule has 0 aromatic carbocycles. The highest BCUT2D eigenvalue weighted by Gasteiger charge is 2.22. The van der Waals surface area contributed by atoms with E-state index in [4.69, 9.17) is 5.11 Å². The molecule has 0 heterocycles. The Morgan fingerprint density at radius 3 is 2.50 bits per heavy atom. The number of nitrogens with zero attached hydrogens (tertiary/aromatic N) is 1. The lowest BCUT2D eigenvalue weighted by atomic mass is 10.1. The van der Waals surface area contributed by atoms with Crippen molar-refractivity contribution in [3.8, 4) is 0 Å². The summed E-state index contributed by atoms with van der Waals surface area (Å²) in [5.41, 5.74) is 0. The summed E-state index contributed by atoms with van der Waals surface area (Å²) in [6.45, 7) is 4.89. The maximum atomic E-state index is 12.0. The molecule has 1 aliphatic rings. The highest BCUT2D eigenvalue weighted by atomic mass is 16.4. The fraction of sp³-hybridized carbons (Fsp3) is 0.846. The number of hydrogen-bond acceptors (Lipinski definition) is 2. The second-order valence-electron chi connectivity index (χ2n) is 5.07. The number of nitrogens with one attached hydrogen (secondary N) is 1. The van der Waals surface area contributed by atoms with Crippen molar-refractivity contribution in [1.82, 2.24) is 10.2 Å². The van der Waals surface area contributed by atoms with Crippen LogP contribution in [0, 0.1) is 5.92 Å². The topological polar surface area (TPSA) is 69.6 Å². The van der Waals surface area contributed by atoms with Gasteiger partial charge < -0.3 is 15.3 Å². The Kier molecular flexibility index (Phi) is 5.95. The highest BCUT2D eigenvalue weighted by Crippen LogP contribution is 2.23. The van der Waals surface area contributed by atoms with E-state index in [1.165, 1.54) is 25.7 Å². The molecule has 1 saturated carbocycles. The van der Waals surface area contributed by atoms with E-state index in [-0.39, 0.29) is 18.5 Å². The van der Waals surface area contributed by atoms with Gasteiger partial charge in [0.25, 0.3) is 0 Å². The molecule has 1 aliphatic carbocycles. The van der Waals surface area contributed by atoms with Gasteiger partial charge in [0.05, 0.1) is 6.42 Å². The molecule has 5 nitrogen and oxygen atoms in total. The molecule has 0 aromatic heterocycles. The summed E-state index contributed by atoms with van der Waals surface area (Å²) in [4.78, 5) is 24.2. The van der Waals surface area contributed by atoms with Gasteiger partial charge in [0.1, 0.15) is 0 Å². The van der Waals surface area contributed by atoms with Crippen LogP contribution in [0.2, 0.25) is 0 Å². The molecule has 5 heteroatoms. The van der Waals surface area contributed by atoms with Crippen LogP contribution in [0.4, 0.5) is 4.79 Å². The van der Waals surface area contributed by atoms with Crippen LogP contribution in [-0.4, -0.2) is 41.1 Å². The van der Waals surface area contributed by atoms with Crippen molar-refractivity contribution in [1.29, 1.82) is 0 Å². The smallest absolute Gasteiger partial charge is 0.317 e. The average molecular weight is 256 g/mol. The standard InChI is InChI=1S/C13H24N2O3/c1-3-15(10(2)8-12(16)17)13(18)14-9-11-6-4-5-7-11/h10-11H,3-9H2,1-2H3,(H,14,18)(H,16,17). The molecular formula is C13H24N2O3. The van der Waals surface area contributed by atoms with E-state index >= 15 is 0 Å². The van der Waals surface area contributed by atoms with Gasteiger partial charge in [-0.1, -0.05) is 12.8 Å². The summed E-state index contributed by atoms with van der Waals surface area (Å²) >= 11 is 0. The van der Waals surface area contributed by atoms with Crippen molar-refractivity contribution < 1.29 is 14.7 Å². The minimum atomic E-state index is -0.871. The van der Waals surface area contributed by atoms with Crippen LogP contribution in [0.25, 0.3) is 0 Å². The number of carboxylic acid groups (broad SMARTS) is 1. The minimum absolute atomic E-state index is 0.00924. The Bertz CT molecular complexity index is 288. The number of hydrogen-bond donors (Lipinski definition) is 2. The van der Waals surface area contributed by atoms with Crippen LogP contribution in [0.1, 0.15) is 46.0 Å². The molecule has 1 fully saturated rings. The van der Waals surface area contributed by atoms with Crippen molar-refractivity contribution in [2.75, 3.05) is 13.1 Å². The minimum Gasteiger partial charge on any atom is -0.481 e. The number of carboxylic acids is 1. The largest absolute Gasteiger partial charge is 0.481 e. The van der Waals surface area contributed by atoms with Gasteiger partial charge in [-0.3, -0.25) is 4.79 Å². The Morgan fingerprint density at radius 1 is 1.39 bits per heavy atom. The van der Waals surface area contributed by atoms with Gasteiger partial charge in [-0.2, -0.15) is 0 Å². The molecule has 0 spiro atoms. The zero-order valence-corrected chi connectivity index (χ0v) is 11.3. The van der Waals surface area contributed by atoms with Crippen LogP contribution in [-0.2, 0) is 4.79 Å². The third kappa shape index (κ3) is 4.55. The average Bonchev–Trinajstić information content (AvgIpc) is 2.79. The first-order valence-electron chi connectivity index (χ1n) is 6.80. The number of carbonyl (C=O) groups excluding carboxylic acids is 1. The van der Waals surface area contributed by atoms with E-state index in [1.54, 1.807) is 11.8 Å². The summed E-state index contributed by atoms with van der Waals surface area (Å²) in [6.07, 6.45) is 4.89. The Morgan fingerprint density at radius 2 is 2.00 bits per heavy atom. The summed E-state index contributed by atoms with van der Waals surface area (Å²) in [6, 6.07) is -0.408. The lowest BCUT2D eigenvalue weighted by molar-refractivity contribution is -0.138. The number of carbonyl (C=O) groups is 2. The third-order valence-electron chi connectivity index (χ3n) is 3.62. The molecule has 0 radical (unpaired) electrons. The highest BCUT2D eigenvalue weighted by molar-refractivity contribution is 5.75. The summed E-state index contributed by atoms with van der Waals surface area (Å²) in [5.74, 6) is -0.271. The van der Waals surface area contributed by atoms with Crippen molar-refractivity contribution in [2.24, 2.45) is 5.92 Å². The molecule has 2 amide bonds. The predicted molar refractivity (Wildman–Crippen MR) is 69.5 cm³/mol. The van der Waals surface area contributed by atoms with Gasteiger partial charge in [0, 0.05) is 19.1 Å². The SMILES string of the molecule is CCN(C(=O)NCC1CCCC1)C(C)CC(=O)O. The zero-order chi connectivity index (χ0) is 13.5. The van der Waals surface area contributed by atoms with E-state index in [2.05, 4.69) is 5.32 Å². The summed E-state index contributed by atoms with van der Waals surface area (Å²) in [7, 11) is 0. The molecule has 104 valence electrons. The molecule has 0 aromatic rings. The van der Waals surface area contributed by atoms with Crippen LogP contribution in [0.5, 0.6) is 0 Å². The van der Waals surface area contributed by atoms with E-state index in [1.807, 2.05) is 6.92 Å². The van der Waals surface area contributed by atoms with Crippen LogP contribution in [0.15, 0.2) is 0 Å². The molecule has 0 bridgehead atoms. The number of amides is 2. The molecule has 1 rings (SSSR count). The molecule has 0 saturated heterocycles. The lowest BCUT2D eigenvalue weighted by Crippen LogP contribution is -2.46. The zero-order valence-electron chi connectivity index (χ0n) is 11.3. The lowest BCUT2D eigenvalue weighted by Gasteiger charge is -2.27. The van der Waals surface area contributed by atoms with Crippen LogP contribution < -0.4 is 5.32 Å². The summed E-state index contributed by atoms with van der Waals surface area (Å²) in [5, 5.41) is 11.7. The number of aliphatic carboxylic acids is 1. The van der Waals surface area contributed by atoms with Gasteiger partial charge in [-0.05, 0) is 32.6 Å². The normalized spacial score (nSPS) is 17.4. The monoisotopic (exact) mass is 256 g/mol. The Balaban J connectivity index is 2.37. The van der Waals surface area contributed by atoms with E-state index in [0.29, 0.717) is 12.5 Å². The predicted octanol–water partition coefficient (Wildman–Crippen LogP) is 2.07. The van der Waals surface area contributed by atoms with Gasteiger partial charge in [0.2, 0.25) is 0 Å². The van der Waals surface area contributed by atoms with Crippen LogP contribution >= 0.6 is 0 Å². The van der Waals surface area contributed by atoms with E-state index < -0.39 is 5.97 Å². The van der Waals surface area contributed by atoms with Gasteiger partial charge in [0.15, 0.2) is 0 Å². The fourth-order valence-corrected chi connectivity index (χ4v) is 2.57. The maximum Gasteiger partial charge on any atom is 0.317 e. The quantitative estimate of drug-likeness (QED) is 0.764. The molecule has 1 unspecified atom stereocenters. The van der Waals surface area contributed by atoms with Gasteiger partial charge in [-0.15, -0.1) is 0 Å². The van der Waals surface area contributed by atoms with Crippen molar-refractivity contribution in [2.45, 2.75) is 52.0 Å². The first-order chi connectivity index (χ1) is 8.54. The third-order valence-corrected chi connectivity index (χ3v) is 3.62. The van der Waals surface area contributed by atoms with Crippen molar-refractivity contribution in [3.05, 3.63) is 0 Å². The molecule has 18 heavy (non-hydrogen) atoms.